The topological polar surface area (TPSA) is 93.2 Å². The van der Waals surface area contributed by atoms with E-state index < -0.39 is 22.8 Å². The van der Waals surface area contributed by atoms with Crippen molar-refractivity contribution in [1.29, 1.82) is 0 Å². The maximum absolute atomic E-state index is 12.3. The molecule has 0 unspecified atom stereocenters. The summed E-state index contributed by atoms with van der Waals surface area (Å²) in [6.45, 7) is 0. The molecule has 0 radical (unpaired) electrons. The first-order chi connectivity index (χ1) is 14.3. The van der Waals surface area contributed by atoms with Crippen LogP contribution in [0.1, 0.15) is 20.7 Å². The second-order valence-corrected chi connectivity index (χ2v) is 6.55. The maximum atomic E-state index is 12.3. The molecule has 0 aliphatic carbocycles. The molecule has 0 heterocycles. The lowest BCUT2D eigenvalue weighted by atomic mass is 10.1. The molecular weight excluding hydrogens is 388 g/mol. The van der Waals surface area contributed by atoms with Crippen molar-refractivity contribution < 1.29 is 19.1 Å². The van der Waals surface area contributed by atoms with Gasteiger partial charge in [-0.3, -0.25) is 9.59 Å². The van der Waals surface area contributed by atoms with Crippen molar-refractivity contribution in [2.45, 2.75) is 0 Å². The highest BCUT2D eigenvalue weighted by molar-refractivity contribution is 5.91. The summed E-state index contributed by atoms with van der Waals surface area (Å²) in [4.78, 5) is 51.0. The minimum absolute atomic E-state index is 0.241. The van der Waals surface area contributed by atoms with E-state index in [2.05, 4.69) is 9.47 Å². The number of hydrogen-bond acceptors (Lipinski definition) is 8. The van der Waals surface area contributed by atoms with E-state index in [4.69, 9.17) is 0 Å². The molecule has 0 saturated heterocycles. The zero-order valence-corrected chi connectivity index (χ0v) is 17.0. The van der Waals surface area contributed by atoms with Crippen LogP contribution in [0.25, 0.3) is 0 Å². The normalized spacial score (nSPS) is 10.5. The first-order valence-electron chi connectivity index (χ1n) is 8.97. The summed E-state index contributed by atoms with van der Waals surface area (Å²) < 4.78 is 9.36. The minimum atomic E-state index is -0.595. The molecule has 0 amide bonds. The van der Waals surface area contributed by atoms with Gasteiger partial charge < -0.3 is 19.3 Å². The van der Waals surface area contributed by atoms with Crippen LogP contribution in [0.15, 0.2) is 58.1 Å². The molecule has 0 aliphatic heterocycles. The zero-order chi connectivity index (χ0) is 22.0. The lowest BCUT2D eigenvalue weighted by molar-refractivity contribution is 0.0592. The predicted octanol–water partition coefficient (Wildman–Crippen LogP) is 2.39. The van der Waals surface area contributed by atoms with Crippen LogP contribution in [0.5, 0.6) is 0 Å². The van der Waals surface area contributed by atoms with E-state index in [1.54, 1.807) is 72.4 Å². The van der Waals surface area contributed by atoms with Gasteiger partial charge in [0.15, 0.2) is 0 Å². The molecule has 0 saturated carbocycles. The average Bonchev–Trinajstić information content (AvgIpc) is 2.80. The van der Waals surface area contributed by atoms with Gasteiger partial charge in [-0.25, -0.2) is 9.59 Å². The Hall–Kier alpha value is -3.94. The molecule has 0 atom stereocenters. The number of methoxy groups -OCH3 is 2. The standard InChI is InChI=1S/C22H20N2O6/c1-23(15-9-5-13(6-10-15)21(27)29-3)17-18(20(26)19(17)25)24(2)16-11-7-14(8-12-16)22(28)30-4/h5-12H,1-4H3. The van der Waals surface area contributed by atoms with Crippen molar-refractivity contribution in [3.05, 3.63) is 80.1 Å². The van der Waals surface area contributed by atoms with Crippen LogP contribution < -0.4 is 20.7 Å². The highest BCUT2D eigenvalue weighted by Gasteiger charge is 2.28. The van der Waals surface area contributed by atoms with E-state index >= 15 is 0 Å². The third-order valence-electron chi connectivity index (χ3n) is 4.88. The van der Waals surface area contributed by atoms with Gasteiger partial charge in [0.1, 0.15) is 11.4 Å². The molecule has 0 aromatic heterocycles. The van der Waals surface area contributed by atoms with Crippen LogP contribution in [0.3, 0.4) is 0 Å². The fourth-order valence-corrected chi connectivity index (χ4v) is 3.13. The van der Waals surface area contributed by atoms with Gasteiger partial charge >= 0.3 is 11.9 Å². The second-order valence-electron chi connectivity index (χ2n) is 6.55. The van der Waals surface area contributed by atoms with E-state index in [9.17, 15) is 19.2 Å². The van der Waals surface area contributed by atoms with Crippen molar-refractivity contribution in [1.82, 2.24) is 0 Å². The fraction of sp³-hybridized carbons (Fsp3) is 0.182. The molecule has 0 aliphatic rings. The lowest BCUT2D eigenvalue weighted by Crippen LogP contribution is -2.41. The summed E-state index contributed by atoms with van der Waals surface area (Å²) >= 11 is 0. The van der Waals surface area contributed by atoms with E-state index in [-0.39, 0.29) is 11.4 Å². The molecule has 8 heteroatoms. The van der Waals surface area contributed by atoms with Crippen LogP contribution in [-0.2, 0) is 9.47 Å². The van der Waals surface area contributed by atoms with Crippen molar-refractivity contribution in [3.63, 3.8) is 0 Å². The van der Waals surface area contributed by atoms with Gasteiger partial charge in [-0.05, 0) is 48.5 Å². The molecule has 0 N–H and O–H groups in total. The van der Waals surface area contributed by atoms with Crippen LogP contribution in [-0.4, -0.2) is 40.3 Å². The van der Waals surface area contributed by atoms with E-state index in [0.29, 0.717) is 22.5 Å². The molecule has 0 spiro atoms. The molecule has 0 bridgehead atoms. The highest BCUT2D eigenvalue weighted by Crippen LogP contribution is 2.33. The van der Waals surface area contributed by atoms with Crippen LogP contribution >= 0.6 is 0 Å². The number of esters is 2. The summed E-state index contributed by atoms with van der Waals surface area (Å²) in [6, 6.07) is 13.0. The number of carbonyl (C=O) groups is 2. The maximum Gasteiger partial charge on any atom is 0.337 e. The highest BCUT2D eigenvalue weighted by atomic mass is 16.5. The summed E-state index contributed by atoms with van der Waals surface area (Å²) in [5.41, 5.74) is 1.31. The Morgan fingerprint density at radius 1 is 0.633 bits per heavy atom. The summed E-state index contributed by atoms with van der Waals surface area (Å²) in [5, 5.41) is 0. The van der Waals surface area contributed by atoms with E-state index in [0.717, 1.165) is 0 Å². The van der Waals surface area contributed by atoms with Gasteiger partial charge in [-0.1, -0.05) is 0 Å². The van der Waals surface area contributed by atoms with Crippen molar-refractivity contribution in [2.24, 2.45) is 0 Å². The second kappa shape index (κ2) is 8.20. The van der Waals surface area contributed by atoms with Gasteiger partial charge in [0.05, 0.1) is 25.3 Å². The number of rotatable bonds is 6. The first kappa shape index (κ1) is 20.8. The molecule has 0 fully saturated rings. The quantitative estimate of drug-likeness (QED) is 0.453. The third kappa shape index (κ3) is 3.55. The first-order valence-corrected chi connectivity index (χ1v) is 8.97. The van der Waals surface area contributed by atoms with Crippen LogP contribution in [0.4, 0.5) is 22.7 Å². The number of ether oxygens (including phenoxy) is 2. The van der Waals surface area contributed by atoms with Crippen molar-refractivity contribution >= 4 is 34.7 Å². The molecule has 3 rings (SSSR count). The van der Waals surface area contributed by atoms with Gasteiger partial charge in [-0.15, -0.1) is 0 Å². The molecule has 8 nitrogen and oxygen atoms in total. The van der Waals surface area contributed by atoms with Crippen LogP contribution in [0.2, 0.25) is 0 Å². The number of hydrogen-bond donors (Lipinski definition) is 0. The van der Waals surface area contributed by atoms with Crippen molar-refractivity contribution in [2.75, 3.05) is 38.1 Å². The Morgan fingerprint density at radius 3 is 1.20 bits per heavy atom. The lowest BCUT2D eigenvalue weighted by Gasteiger charge is -2.28. The number of anilines is 4. The van der Waals surface area contributed by atoms with Gasteiger partial charge in [0.2, 0.25) is 0 Å². The summed E-state index contributed by atoms with van der Waals surface area (Å²) in [6.07, 6.45) is 0. The number of benzene rings is 2. The molecule has 3 aromatic rings. The molecule has 3 aromatic carbocycles. The zero-order valence-electron chi connectivity index (χ0n) is 17.0. The monoisotopic (exact) mass is 408 g/mol. The average molecular weight is 408 g/mol. The Balaban J connectivity index is 1.91. The summed E-state index contributed by atoms with van der Waals surface area (Å²) in [7, 11) is 5.93. The van der Waals surface area contributed by atoms with Crippen molar-refractivity contribution in [3.8, 4) is 0 Å². The summed E-state index contributed by atoms with van der Waals surface area (Å²) in [5.74, 6) is -0.928. The SMILES string of the molecule is COC(=O)c1ccc(N(C)c2c(N(C)c3ccc(C(=O)OC)cc3)c(=O)c2=O)cc1. The third-order valence-corrected chi connectivity index (χ3v) is 4.88. The van der Waals surface area contributed by atoms with Gasteiger partial charge in [0, 0.05) is 25.5 Å². The molecule has 154 valence electrons. The number of carbonyl (C=O) groups excluding carboxylic acids is 2. The predicted molar refractivity (Wildman–Crippen MR) is 113 cm³/mol. The fourth-order valence-electron chi connectivity index (χ4n) is 3.13. The van der Waals surface area contributed by atoms with E-state index in [1.165, 1.54) is 14.2 Å². The Bertz CT molecular complexity index is 1060. The van der Waals surface area contributed by atoms with Gasteiger partial charge in [0.25, 0.3) is 10.9 Å². The number of nitrogens with zero attached hydrogens (tertiary/aromatic N) is 2. The molecular formula is C22H20N2O6. The van der Waals surface area contributed by atoms with E-state index in [1.807, 2.05) is 0 Å². The van der Waals surface area contributed by atoms with Crippen LogP contribution in [0, 0.1) is 0 Å². The van der Waals surface area contributed by atoms with Gasteiger partial charge in [-0.2, -0.15) is 0 Å². The Morgan fingerprint density at radius 2 is 0.933 bits per heavy atom. The molecule has 30 heavy (non-hydrogen) atoms. The Kier molecular flexibility index (Phi) is 5.68. The Labute approximate surface area is 172 Å². The smallest absolute Gasteiger partial charge is 0.337 e. The largest absolute Gasteiger partial charge is 0.465 e. The minimum Gasteiger partial charge on any atom is -0.465 e.